The zero-order valence-corrected chi connectivity index (χ0v) is 14.8. The predicted octanol–water partition coefficient (Wildman–Crippen LogP) is 3.75. The van der Waals surface area contributed by atoms with E-state index in [0.717, 1.165) is 18.2 Å². The van der Waals surface area contributed by atoms with Crippen LogP contribution in [0.3, 0.4) is 0 Å². The number of nitrogens with zero attached hydrogens (tertiary/aromatic N) is 3. The lowest BCUT2D eigenvalue weighted by Crippen LogP contribution is -2.41. The van der Waals surface area contributed by atoms with Crippen LogP contribution in [0.5, 0.6) is 5.75 Å². The first kappa shape index (κ1) is 21.1. The van der Waals surface area contributed by atoms with Gasteiger partial charge in [-0.2, -0.15) is 22.0 Å². The number of carbonyl (C=O) groups is 1. The molecule has 0 aliphatic carbocycles. The summed E-state index contributed by atoms with van der Waals surface area (Å²) in [6.07, 6.45) is -4.61. The van der Waals surface area contributed by atoms with Crippen LogP contribution < -0.4 is 10.5 Å². The fraction of sp³-hybridized carbons (Fsp3) is 0.167. The Hall–Kier alpha value is -3.57. The average molecular weight is 430 g/mol. The number of aromatic nitrogens is 3. The average Bonchev–Trinajstić information content (AvgIpc) is 3.17. The van der Waals surface area contributed by atoms with Crippen molar-refractivity contribution in [2.45, 2.75) is 12.1 Å². The molecule has 0 aliphatic rings. The zero-order chi connectivity index (χ0) is 22.1. The highest BCUT2D eigenvalue weighted by Crippen LogP contribution is 2.38. The number of hydrogen-bond donors (Lipinski definition) is 1. The molecule has 30 heavy (non-hydrogen) atoms. The topological polar surface area (TPSA) is 83.0 Å². The van der Waals surface area contributed by atoms with Crippen LogP contribution in [0.4, 0.5) is 26.3 Å². The number of primary amides is 1. The minimum absolute atomic E-state index is 0.0648. The highest BCUT2D eigenvalue weighted by molar-refractivity contribution is 5.88. The Morgan fingerprint density at radius 2 is 1.83 bits per heavy atom. The van der Waals surface area contributed by atoms with Crippen LogP contribution in [0, 0.1) is 5.82 Å². The van der Waals surface area contributed by atoms with Crippen LogP contribution in [0.1, 0.15) is 10.6 Å². The second-order valence-electron chi connectivity index (χ2n) is 6.06. The van der Waals surface area contributed by atoms with Gasteiger partial charge in [0, 0.05) is 5.56 Å². The molecule has 0 saturated carbocycles. The van der Waals surface area contributed by atoms with E-state index in [1.165, 1.54) is 29.2 Å². The highest BCUT2D eigenvalue weighted by Gasteiger charge is 2.58. The van der Waals surface area contributed by atoms with Gasteiger partial charge in [0.05, 0.1) is 5.69 Å². The summed E-state index contributed by atoms with van der Waals surface area (Å²) in [4.78, 5) is 14.8. The molecular formula is C18H12F6N4O2. The summed E-state index contributed by atoms with van der Waals surface area (Å²) in [5.74, 6) is -7.36. The SMILES string of the molecule is NC(=O)c1ncn(-c2cccc(-c3cc(F)ccc3OCC(F)(F)C(F)(F)F)c2)n1. The standard InChI is InChI=1S/C18H12F6N4O2/c19-11-4-5-14(30-8-17(20,21)18(22,23)24)13(7-11)10-2-1-3-12(6-10)28-9-26-16(27-28)15(25)29/h1-7,9H,8H2,(H2,25,29). The quantitative estimate of drug-likeness (QED) is 0.604. The maximum atomic E-state index is 13.7. The molecule has 6 nitrogen and oxygen atoms in total. The first-order chi connectivity index (χ1) is 14.0. The molecule has 0 atom stereocenters. The van der Waals surface area contributed by atoms with E-state index >= 15 is 0 Å². The van der Waals surface area contributed by atoms with Gasteiger partial charge in [0.25, 0.3) is 5.91 Å². The summed E-state index contributed by atoms with van der Waals surface area (Å²) in [6, 6.07) is 8.66. The van der Waals surface area contributed by atoms with Gasteiger partial charge < -0.3 is 10.5 Å². The third-order valence-electron chi connectivity index (χ3n) is 3.90. The van der Waals surface area contributed by atoms with E-state index in [2.05, 4.69) is 14.8 Å². The largest absolute Gasteiger partial charge is 0.486 e. The molecule has 3 aromatic rings. The number of ether oxygens (including phenoxy) is 1. The zero-order valence-electron chi connectivity index (χ0n) is 14.8. The number of nitrogens with two attached hydrogens (primary N) is 1. The molecule has 1 aromatic heterocycles. The second-order valence-corrected chi connectivity index (χ2v) is 6.06. The van der Waals surface area contributed by atoms with E-state index in [0.29, 0.717) is 5.69 Å². The van der Waals surface area contributed by atoms with Gasteiger partial charge >= 0.3 is 12.1 Å². The van der Waals surface area contributed by atoms with Gasteiger partial charge in [0.15, 0.2) is 6.61 Å². The van der Waals surface area contributed by atoms with Crippen molar-refractivity contribution in [2.24, 2.45) is 5.73 Å². The third-order valence-corrected chi connectivity index (χ3v) is 3.90. The van der Waals surface area contributed by atoms with Crippen molar-refractivity contribution in [1.29, 1.82) is 0 Å². The lowest BCUT2D eigenvalue weighted by molar-refractivity contribution is -0.289. The summed E-state index contributed by atoms with van der Waals surface area (Å²) in [5, 5.41) is 3.85. The predicted molar refractivity (Wildman–Crippen MR) is 91.8 cm³/mol. The Labute approximate surface area is 164 Å². The van der Waals surface area contributed by atoms with Crippen molar-refractivity contribution in [1.82, 2.24) is 14.8 Å². The van der Waals surface area contributed by atoms with Crippen LogP contribution in [0.2, 0.25) is 0 Å². The summed E-state index contributed by atoms with van der Waals surface area (Å²) < 4.78 is 83.2. The highest BCUT2D eigenvalue weighted by atomic mass is 19.4. The van der Waals surface area contributed by atoms with Crippen molar-refractivity contribution in [3.05, 3.63) is 60.4 Å². The number of halogens is 6. The van der Waals surface area contributed by atoms with Gasteiger partial charge in [-0.1, -0.05) is 12.1 Å². The fourth-order valence-corrected chi connectivity index (χ4v) is 2.42. The lowest BCUT2D eigenvalue weighted by Gasteiger charge is -2.21. The summed E-state index contributed by atoms with van der Waals surface area (Å²) in [6.45, 7) is -1.97. The molecule has 0 bridgehead atoms. The van der Waals surface area contributed by atoms with Crippen molar-refractivity contribution < 1.29 is 35.9 Å². The van der Waals surface area contributed by atoms with Gasteiger partial charge in [0.2, 0.25) is 5.82 Å². The molecule has 1 amide bonds. The Bertz CT molecular complexity index is 1080. The molecule has 0 fully saturated rings. The molecule has 2 aromatic carbocycles. The van der Waals surface area contributed by atoms with Crippen molar-refractivity contribution in [3.8, 4) is 22.6 Å². The van der Waals surface area contributed by atoms with E-state index in [1.54, 1.807) is 6.07 Å². The smallest absolute Gasteiger partial charge is 0.456 e. The van der Waals surface area contributed by atoms with Crippen molar-refractivity contribution in [2.75, 3.05) is 6.61 Å². The molecular weight excluding hydrogens is 418 g/mol. The van der Waals surface area contributed by atoms with E-state index in [-0.39, 0.29) is 22.7 Å². The van der Waals surface area contributed by atoms with E-state index < -0.39 is 30.4 Å². The number of hydrogen-bond acceptors (Lipinski definition) is 4. The molecule has 0 radical (unpaired) electrons. The molecule has 158 valence electrons. The fourth-order valence-electron chi connectivity index (χ4n) is 2.42. The Balaban J connectivity index is 1.96. The molecule has 0 unspecified atom stereocenters. The van der Waals surface area contributed by atoms with Crippen LogP contribution in [0.15, 0.2) is 48.8 Å². The molecule has 0 spiro atoms. The van der Waals surface area contributed by atoms with Gasteiger partial charge in [-0.25, -0.2) is 14.1 Å². The Morgan fingerprint density at radius 1 is 1.10 bits per heavy atom. The van der Waals surface area contributed by atoms with Crippen LogP contribution in [-0.4, -0.2) is 39.4 Å². The van der Waals surface area contributed by atoms with E-state index in [4.69, 9.17) is 5.73 Å². The van der Waals surface area contributed by atoms with Crippen LogP contribution in [-0.2, 0) is 0 Å². The number of benzene rings is 2. The number of alkyl halides is 5. The maximum absolute atomic E-state index is 13.7. The minimum atomic E-state index is -5.79. The summed E-state index contributed by atoms with van der Waals surface area (Å²) in [7, 11) is 0. The molecule has 0 saturated heterocycles. The normalized spacial score (nSPS) is 12.1. The monoisotopic (exact) mass is 430 g/mol. The van der Waals surface area contributed by atoms with Crippen LogP contribution >= 0.6 is 0 Å². The molecule has 3 rings (SSSR count). The van der Waals surface area contributed by atoms with Crippen molar-refractivity contribution in [3.63, 3.8) is 0 Å². The molecule has 12 heteroatoms. The van der Waals surface area contributed by atoms with Gasteiger partial charge in [-0.15, -0.1) is 5.10 Å². The third kappa shape index (κ3) is 4.36. The number of carbonyl (C=O) groups excluding carboxylic acids is 1. The Morgan fingerprint density at radius 3 is 2.47 bits per heavy atom. The molecule has 1 heterocycles. The molecule has 2 N–H and O–H groups in total. The van der Waals surface area contributed by atoms with Crippen molar-refractivity contribution >= 4 is 5.91 Å². The molecule has 0 aliphatic heterocycles. The maximum Gasteiger partial charge on any atom is 0.456 e. The number of amides is 1. The van der Waals surface area contributed by atoms with Crippen LogP contribution in [0.25, 0.3) is 16.8 Å². The van der Waals surface area contributed by atoms with Gasteiger partial charge in [-0.3, -0.25) is 4.79 Å². The first-order valence-corrected chi connectivity index (χ1v) is 8.17. The lowest BCUT2D eigenvalue weighted by atomic mass is 10.0. The van der Waals surface area contributed by atoms with E-state index in [9.17, 15) is 31.1 Å². The first-order valence-electron chi connectivity index (χ1n) is 8.17. The van der Waals surface area contributed by atoms with E-state index in [1.807, 2.05) is 0 Å². The van der Waals surface area contributed by atoms with Gasteiger partial charge in [-0.05, 0) is 35.9 Å². The summed E-state index contributed by atoms with van der Waals surface area (Å²) in [5.41, 5.74) is 5.59. The number of rotatable bonds is 6. The second kappa shape index (κ2) is 7.69. The summed E-state index contributed by atoms with van der Waals surface area (Å²) >= 11 is 0. The minimum Gasteiger partial charge on any atom is -0.486 e. The Kier molecular flexibility index (Phi) is 5.42. The van der Waals surface area contributed by atoms with Gasteiger partial charge in [0.1, 0.15) is 17.9 Å².